The summed E-state index contributed by atoms with van der Waals surface area (Å²) in [6.07, 6.45) is 6.97. The summed E-state index contributed by atoms with van der Waals surface area (Å²) in [6.45, 7) is 0.545. The molecular weight excluding hydrogens is 339 g/mol. The first-order chi connectivity index (χ1) is 12.2. The van der Waals surface area contributed by atoms with E-state index in [1.54, 1.807) is 12.1 Å². The number of carbonyl (C=O) groups is 1. The number of hydrogen-bond donors (Lipinski definition) is 2. The Morgan fingerprint density at radius 1 is 1.16 bits per heavy atom. The molecule has 1 amide bonds. The zero-order valence-corrected chi connectivity index (χ0v) is 14.9. The van der Waals surface area contributed by atoms with Gasteiger partial charge in [-0.15, -0.1) is 10.2 Å². The maximum Gasteiger partial charge on any atom is 0.221 e. The third kappa shape index (κ3) is 5.77. The first-order valence-corrected chi connectivity index (χ1v) is 9.61. The molecule has 5 nitrogen and oxygen atoms in total. The van der Waals surface area contributed by atoms with Crippen LogP contribution in [0, 0.1) is 5.82 Å². The van der Waals surface area contributed by atoms with Crippen LogP contribution in [0.2, 0.25) is 0 Å². The first kappa shape index (κ1) is 17.8. The molecule has 0 unspecified atom stereocenters. The number of amides is 1. The molecule has 2 N–H and O–H groups in total. The average molecular weight is 362 g/mol. The molecule has 0 spiro atoms. The predicted octanol–water partition coefficient (Wildman–Crippen LogP) is 3.52. The van der Waals surface area contributed by atoms with E-state index in [1.165, 1.54) is 42.7 Å². The molecule has 0 atom stereocenters. The van der Waals surface area contributed by atoms with Crippen molar-refractivity contribution in [2.45, 2.75) is 51.0 Å². The summed E-state index contributed by atoms with van der Waals surface area (Å²) in [7, 11) is 0. The van der Waals surface area contributed by atoms with Crippen LogP contribution < -0.4 is 10.6 Å². The van der Waals surface area contributed by atoms with Gasteiger partial charge in [0.2, 0.25) is 11.0 Å². The van der Waals surface area contributed by atoms with Crippen molar-refractivity contribution in [3.05, 3.63) is 40.7 Å². The summed E-state index contributed by atoms with van der Waals surface area (Å²) in [6, 6.07) is 6.74. The summed E-state index contributed by atoms with van der Waals surface area (Å²) >= 11 is 1.46. The minimum absolute atomic E-state index is 0.0930. The van der Waals surface area contributed by atoms with E-state index in [-0.39, 0.29) is 11.7 Å². The van der Waals surface area contributed by atoms with E-state index in [0.717, 1.165) is 23.4 Å². The number of nitrogens with one attached hydrogen (secondary N) is 2. The lowest BCUT2D eigenvalue weighted by atomic mass is 9.95. The number of carbonyl (C=O) groups excluding carboxylic acids is 1. The Hall–Kier alpha value is -2.02. The molecule has 7 heteroatoms. The second-order valence-electron chi connectivity index (χ2n) is 6.38. The van der Waals surface area contributed by atoms with Crippen molar-refractivity contribution >= 4 is 22.4 Å². The van der Waals surface area contributed by atoms with E-state index in [9.17, 15) is 9.18 Å². The topological polar surface area (TPSA) is 66.9 Å². The monoisotopic (exact) mass is 362 g/mol. The van der Waals surface area contributed by atoms with Crippen molar-refractivity contribution in [1.29, 1.82) is 0 Å². The van der Waals surface area contributed by atoms with Gasteiger partial charge in [-0.1, -0.05) is 42.7 Å². The predicted molar refractivity (Wildman–Crippen MR) is 97.2 cm³/mol. The van der Waals surface area contributed by atoms with Crippen LogP contribution in [0.4, 0.5) is 9.52 Å². The van der Waals surface area contributed by atoms with Crippen LogP contribution in [0.5, 0.6) is 0 Å². The van der Waals surface area contributed by atoms with Crippen LogP contribution in [-0.4, -0.2) is 28.7 Å². The van der Waals surface area contributed by atoms with E-state index < -0.39 is 0 Å². The lowest BCUT2D eigenvalue weighted by molar-refractivity contribution is -0.121. The van der Waals surface area contributed by atoms with Crippen LogP contribution in [0.25, 0.3) is 0 Å². The largest absolute Gasteiger partial charge is 0.360 e. The Labute approximate surface area is 151 Å². The van der Waals surface area contributed by atoms with Crippen molar-refractivity contribution in [3.8, 4) is 0 Å². The number of halogens is 1. The molecule has 0 bridgehead atoms. The van der Waals surface area contributed by atoms with Crippen LogP contribution in [0.1, 0.15) is 49.1 Å². The van der Waals surface area contributed by atoms with E-state index in [1.807, 2.05) is 0 Å². The molecule has 1 saturated carbocycles. The van der Waals surface area contributed by atoms with E-state index in [4.69, 9.17) is 0 Å². The molecule has 0 aliphatic heterocycles. The summed E-state index contributed by atoms with van der Waals surface area (Å²) < 4.78 is 12.9. The number of benzene rings is 1. The average Bonchev–Trinajstić information content (AvgIpc) is 3.05. The minimum atomic E-state index is -0.241. The quantitative estimate of drug-likeness (QED) is 0.791. The fourth-order valence-electron chi connectivity index (χ4n) is 3.00. The van der Waals surface area contributed by atoms with Crippen LogP contribution in [-0.2, 0) is 11.2 Å². The molecule has 1 aliphatic rings. The molecule has 1 heterocycles. The van der Waals surface area contributed by atoms with Gasteiger partial charge in [-0.05, 0) is 30.5 Å². The first-order valence-electron chi connectivity index (χ1n) is 8.79. The van der Waals surface area contributed by atoms with Crippen molar-refractivity contribution in [2.75, 3.05) is 11.9 Å². The second-order valence-corrected chi connectivity index (χ2v) is 7.45. The zero-order chi connectivity index (χ0) is 17.5. The Balaban J connectivity index is 1.39. The van der Waals surface area contributed by atoms with E-state index in [0.29, 0.717) is 30.6 Å². The SMILES string of the molecule is O=C(CCNc1nnc(Cc2ccc(F)cc2)s1)NC1CCCCC1. The number of rotatable bonds is 7. The molecule has 1 aliphatic carbocycles. The normalized spacial score (nSPS) is 15.1. The molecule has 2 aromatic rings. The van der Waals surface area contributed by atoms with Gasteiger partial charge in [-0.3, -0.25) is 4.79 Å². The molecule has 1 fully saturated rings. The van der Waals surface area contributed by atoms with Gasteiger partial charge >= 0.3 is 0 Å². The standard InChI is InChI=1S/C18H23FN4OS/c19-14-8-6-13(7-9-14)12-17-22-23-18(25-17)20-11-10-16(24)21-15-4-2-1-3-5-15/h6-9,15H,1-5,10-12H2,(H,20,23)(H,21,24). The Morgan fingerprint density at radius 3 is 2.68 bits per heavy atom. The Bertz CT molecular complexity index is 683. The van der Waals surface area contributed by atoms with Crippen molar-refractivity contribution in [1.82, 2.24) is 15.5 Å². The van der Waals surface area contributed by atoms with Gasteiger partial charge in [-0.25, -0.2) is 4.39 Å². The fourth-order valence-corrected chi connectivity index (χ4v) is 3.80. The lowest BCUT2D eigenvalue weighted by Gasteiger charge is -2.22. The van der Waals surface area contributed by atoms with Crippen LogP contribution >= 0.6 is 11.3 Å². The molecule has 1 aromatic heterocycles. The van der Waals surface area contributed by atoms with Crippen molar-refractivity contribution in [3.63, 3.8) is 0 Å². The number of nitrogens with zero attached hydrogens (tertiary/aromatic N) is 2. The third-order valence-electron chi connectivity index (χ3n) is 4.33. The van der Waals surface area contributed by atoms with Crippen LogP contribution in [0.15, 0.2) is 24.3 Å². The number of hydrogen-bond acceptors (Lipinski definition) is 5. The highest BCUT2D eigenvalue weighted by atomic mass is 32.1. The van der Waals surface area contributed by atoms with Gasteiger partial charge in [0.25, 0.3) is 0 Å². The molecule has 25 heavy (non-hydrogen) atoms. The highest BCUT2D eigenvalue weighted by Crippen LogP contribution is 2.19. The third-order valence-corrected chi connectivity index (χ3v) is 5.21. The Morgan fingerprint density at radius 2 is 1.92 bits per heavy atom. The summed E-state index contributed by atoms with van der Waals surface area (Å²) in [5.41, 5.74) is 0.996. The van der Waals surface area contributed by atoms with Crippen LogP contribution in [0.3, 0.4) is 0 Å². The van der Waals surface area contributed by atoms with Gasteiger partial charge in [0.15, 0.2) is 0 Å². The Kier molecular flexibility index (Phi) is 6.33. The van der Waals surface area contributed by atoms with Gasteiger partial charge < -0.3 is 10.6 Å². The number of aromatic nitrogens is 2. The van der Waals surface area contributed by atoms with Gasteiger partial charge in [0, 0.05) is 25.4 Å². The lowest BCUT2D eigenvalue weighted by Crippen LogP contribution is -2.36. The molecule has 134 valence electrons. The van der Waals surface area contributed by atoms with Crippen molar-refractivity contribution < 1.29 is 9.18 Å². The van der Waals surface area contributed by atoms with Gasteiger partial charge in [0.1, 0.15) is 10.8 Å². The summed E-state index contributed by atoms with van der Waals surface area (Å²) in [5.74, 6) is -0.148. The molecule has 0 saturated heterocycles. The number of anilines is 1. The van der Waals surface area contributed by atoms with Crippen molar-refractivity contribution in [2.24, 2.45) is 0 Å². The summed E-state index contributed by atoms with van der Waals surface area (Å²) in [5, 5.41) is 16.1. The second kappa shape index (κ2) is 8.89. The highest BCUT2D eigenvalue weighted by molar-refractivity contribution is 7.15. The molecular formula is C18H23FN4OS. The summed E-state index contributed by atoms with van der Waals surface area (Å²) in [4.78, 5) is 12.0. The highest BCUT2D eigenvalue weighted by Gasteiger charge is 2.15. The van der Waals surface area contributed by atoms with Gasteiger partial charge in [0.05, 0.1) is 0 Å². The van der Waals surface area contributed by atoms with E-state index in [2.05, 4.69) is 20.8 Å². The smallest absolute Gasteiger partial charge is 0.221 e. The maximum absolute atomic E-state index is 12.9. The fraction of sp³-hybridized carbons (Fsp3) is 0.500. The molecule has 0 radical (unpaired) electrons. The maximum atomic E-state index is 12.9. The molecule has 3 rings (SSSR count). The zero-order valence-electron chi connectivity index (χ0n) is 14.1. The minimum Gasteiger partial charge on any atom is -0.360 e. The molecule has 1 aromatic carbocycles. The van der Waals surface area contributed by atoms with Gasteiger partial charge in [-0.2, -0.15) is 0 Å². The van der Waals surface area contributed by atoms with E-state index >= 15 is 0 Å².